The fourth-order valence-electron chi connectivity index (χ4n) is 2.57. The number of alkyl halides is 1. The summed E-state index contributed by atoms with van der Waals surface area (Å²) < 4.78 is 13.4. The molecule has 1 saturated carbocycles. The molecule has 2 nitrogen and oxygen atoms in total. The summed E-state index contributed by atoms with van der Waals surface area (Å²) in [4.78, 5) is 2.06. The van der Waals surface area contributed by atoms with Gasteiger partial charge in [-0.2, -0.15) is 0 Å². The lowest BCUT2D eigenvalue weighted by molar-refractivity contribution is -0.0255. The van der Waals surface area contributed by atoms with Crippen molar-refractivity contribution >= 4 is 0 Å². The van der Waals surface area contributed by atoms with Gasteiger partial charge in [0.05, 0.1) is 0 Å². The molecule has 3 heteroatoms. The first-order valence-corrected chi connectivity index (χ1v) is 6.25. The molecule has 2 rings (SSSR count). The Bertz CT molecular complexity index is 343. The van der Waals surface area contributed by atoms with Crippen LogP contribution < -0.4 is 0 Å². The summed E-state index contributed by atoms with van der Waals surface area (Å²) in [5, 5.41) is 9.87. The molecule has 0 spiro atoms. The van der Waals surface area contributed by atoms with Crippen molar-refractivity contribution in [1.82, 2.24) is 4.90 Å². The van der Waals surface area contributed by atoms with Crippen LogP contribution in [0.15, 0.2) is 30.3 Å². The number of benzene rings is 1. The van der Waals surface area contributed by atoms with Crippen LogP contribution in [0.4, 0.5) is 4.39 Å². The van der Waals surface area contributed by atoms with Gasteiger partial charge in [-0.25, -0.2) is 4.39 Å². The maximum atomic E-state index is 13.4. The summed E-state index contributed by atoms with van der Waals surface area (Å²) in [6.45, 7) is 0.759. The van der Waals surface area contributed by atoms with E-state index in [0.717, 1.165) is 19.4 Å². The summed E-state index contributed by atoms with van der Waals surface area (Å²) in [5.74, 6) is 0. The third-order valence-corrected chi connectivity index (χ3v) is 3.59. The summed E-state index contributed by atoms with van der Waals surface area (Å²) in [7, 11) is 1.96. The monoisotopic (exact) mass is 237 g/mol. The minimum absolute atomic E-state index is 0.0565. The van der Waals surface area contributed by atoms with Crippen LogP contribution in [-0.4, -0.2) is 35.4 Å². The van der Waals surface area contributed by atoms with Gasteiger partial charge in [0.15, 0.2) is 0 Å². The maximum absolute atomic E-state index is 13.4. The number of halogens is 1. The molecule has 3 atom stereocenters. The van der Waals surface area contributed by atoms with E-state index in [0.29, 0.717) is 6.42 Å². The molecule has 0 amide bonds. The molecule has 0 radical (unpaired) electrons. The summed E-state index contributed by atoms with van der Waals surface area (Å²) >= 11 is 0. The second kappa shape index (κ2) is 5.61. The van der Waals surface area contributed by atoms with Crippen molar-refractivity contribution in [2.24, 2.45) is 0 Å². The predicted molar refractivity (Wildman–Crippen MR) is 66.5 cm³/mol. The highest BCUT2D eigenvalue weighted by molar-refractivity contribution is 5.14. The van der Waals surface area contributed by atoms with Crippen molar-refractivity contribution in [3.8, 4) is 0 Å². The highest BCUT2D eigenvalue weighted by atomic mass is 19.1. The fourth-order valence-corrected chi connectivity index (χ4v) is 2.57. The zero-order chi connectivity index (χ0) is 12.3. The third kappa shape index (κ3) is 3.05. The van der Waals surface area contributed by atoms with Gasteiger partial charge in [0.25, 0.3) is 0 Å². The topological polar surface area (TPSA) is 23.5 Å². The van der Waals surface area contributed by atoms with Gasteiger partial charge in [0, 0.05) is 12.6 Å². The second-order valence-corrected chi connectivity index (χ2v) is 4.91. The molecule has 1 aliphatic carbocycles. The van der Waals surface area contributed by atoms with Crippen LogP contribution in [0.5, 0.6) is 0 Å². The molecule has 1 N–H and O–H groups in total. The summed E-state index contributed by atoms with van der Waals surface area (Å²) in [5.41, 5.74) is 1.20. The van der Waals surface area contributed by atoms with Gasteiger partial charge in [0.1, 0.15) is 12.3 Å². The first kappa shape index (κ1) is 12.5. The van der Waals surface area contributed by atoms with Gasteiger partial charge < -0.3 is 5.11 Å². The molecule has 0 saturated heterocycles. The SMILES string of the molecule is CN(Cc1ccccc1)[C@@H]1CCC[C@@H](F)[C@@H]1O. The van der Waals surface area contributed by atoms with E-state index in [9.17, 15) is 9.50 Å². The van der Waals surface area contributed by atoms with Crippen molar-refractivity contribution < 1.29 is 9.50 Å². The van der Waals surface area contributed by atoms with Crippen molar-refractivity contribution in [3.63, 3.8) is 0 Å². The van der Waals surface area contributed by atoms with Crippen LogP contribution in [0, 0.1) is 0 Å². The van der Waals surface area contributed by atoms with Crippen LogP contribution >= 0.6 is 0 Å². The Labute approximate surface area is 102 Å². The molecule has 94 valence electrons. The number of likely N-dealkylation sites (N-methyl/N-ethyl adjacent to an activating group) is 1. The van der Waals surface area contributed by atoms with Crippen LogP contribution in [0.2, 0.25) is 0 Å². The van der Waals surface area contributed by atoms with Gasteiger partial charge in [-0.05, 0) is 31.9 Å². The van der Waals surface area contributed by atoms with Crippen LogP contribution in [0.3, 0.4) is 0 Å². The smallest absolute Gasteiger partial charge is 0.127 e. The summed E-state index contributed by atoms with van der Waals surface area (Å²) in [6.07, 6.45) is 0.341. The van der Waals surface area contributed by atoms with E-state index in [1.165, 1.54) is 5.56 Å². The first-order chi connectivity index (χ1) is 8.18. The van der Waals surface area contributed by atoms with Gasteiger partial charge in [-0.3, -0.25) is 4.90 Å². The minimum Gasteiger partial charge on any atom is -0.388 e. The number of nitrogens with zero attached hydrogens (tertiary/aromatic N) is 1. The fraction of sp³-hybridized carbons (Fsp3) is 0.571. The third-order valence-electron chi connectivity index (χ3n) is 3.59. The zero-order valence-corrected chi connectivity index (χ0v) is 10.2. The van der Waals surface area contributed by atoms with E-state index < -0.39 is 12.3 Å². The first-order valence-electron chi connectivity index (χ1n) is 6.25. The summed E-state index contributed by atoms with van der Waals surface area (Å²) in [6, 6.07) is 10.0. The number of aliphatic hydroxyl groups is 1. The van der Waals surface area contributed by atoms with E-state index in [2.05, 4.69) is 17.0 Å². The van der Waals surface area contributed by atoms with Gasteiger partial charge in [0.2, 0.25) is 0 Å². The average Bonchev–Trinajstić information content (AvgIpc) is 2.34. The van der Waals surface area contributed by atoms with Crippen molar-refractivity contribution in [3.05, 3.63) is 35.9 Å². The van der Waals surface area contributed by atoms with Crippen LogP contribution in [0.25, 0.3) is 0 Å². The number of aliphatic hydroxyl groups excluding tert-OH is 1. The molecule has 0 bridgehead atoms. The normalized spacial score (nSPS) is 29.5. The number of hydrogen-bond donors (Lipinski definition) is 1. The lowest BCUT2D eigenvalue weighted by Crippen LogP contribution is -2.48. The molecule has 1 fully saturated rings. The van der Waals surface area contributed by atoms with E-state index >= 15 is 0 Å². The van der Waals surface area contributed by atoms with Crippen molar-refractivity contribution in [2.75, 3.05) is 7.05 Å². The highest BCUT2D eigenvalue weighted by Crippen LogP contribution is 2.25. The van der Waals surface area contributed by atoms with Crippen molar-refractivity contribution in [1.29, 1.82) is 0 Å². The van der Waals surface area contributed by atoms with Crippen LogP contribution in [-0.2, 0) is 6.54 Å². The van der Waals surface area contributed by atoms with Crippen molar-refractivity contribution in [2.45, 2.75) is 44.1 Å². The van der Waals surface area contributed by atoms with Gasteiger partial charge in [-0.1, -0.05) is 30.3 Å². The molecule has 0 heterocycles. The largest absolute Gasteiger partial charge is 0.388 e. The van der Waals surface area contributed by atoms with E-state index in [1.807, 2.05) is 25.2 Å². The Morgan fingerprint density at radius 1 is 1.29 bits per heavy atom. The molecular formula is C14H20FNO. The van der Waals surface area contributed by atoms with Crippen LogP contribution in [0.1, 0.15) is 24.8 Å². The quantitative estimate of drug-likeness (QED) is 0.872. The molecular weight excluding hydrogens is 217 g/mol. The Kier molecular flexibility index (Phi) is 4.13. The van der Waals surface area contributed by atoms with E-state index in [-0.39, 0.29) is 6.04 Å². The number of hydrogen-bond acceptors (Lipinski definition) is 2. The molecule has 0 aliphatic heterocycles. The lowest BCUT2D eigenvalue weighted by atomic mass is 9.90. The zero-order valence-electron chi connectivity index (χ0n) is 10.2. The predicted octanol–water partition coefficient (Wildman–Crippen LogP) is 2.37. The Morgan fingerprint density at radius 3 is 2.71 bits per heavy atom. The highest BCUT2D eigenvalue weighted by Gasteiger charge is 2.33. The molecule has 0 unspecified atom stereocenters. The van der Waals surface area contributed by atoms with Gasteiger partial charge >= 0.3 is 0 Å². The molecule has 17 heavy (non-hydrogen) atoms. The Morgan fingerprint density at radius 2 is 2.00 bits per heavy atom. The molecule has 0 aromatic heterocycles. The minimum atomic E-state index is -1.06. The molecule has 1 aromatic carbocycles. The Hall–Kier alpha value is -0.930. The van der Waals surface area contributed by atoms with E-state index in [1.54, 1.807) is 0 Å². The lowest BCUT2D eigenvalue weighted by Gasteiger charge is -2.37. The molecule has 1 aliphatic rings. The average molecular weight is 237 g/mol. The molecule has 1 aromatic rings. The Balaban J connectivity index is 1.97. The van der Waals surface area contributed by atoms with Gasteiger partial charge in [-0.15, -0.1) is 0 Å². The maximum Gasteiger partial charge on any atom is 0.127 e. The standard InChI is InChI=1S/C14H20FNO/c1-16(10-11-6-3-2-4-7-11)13-9-5-8-12(15)14(13)17/h2-4,6-7,12-14,17H,5,8-10H2,1H3/t12-,13-,14+/m1/s1. The van der Waals surface area contributed by atoms with E-state index in [4.69, 9.17) is 0 Å². The number of rotatable bonds is 3. The second-order valence-electron chi connectivity index (χ2n) is 4.91.